The average Bonchev–Trinajstić information content (AvgIpc) is 2.73. The number of carboxylic acid groups (broad SMARTS) is 1. The topological polar surface area (TPSA) is 85.8 Å². The van der Waals surface area contributed by atoms with Crippen LogP contribution in [-0.2, 0) is 11.3 Å². The third-order valence-electron chi connectivity index (χ3n) is 5.19. The first-order valence-corrected chi connectivity index (χ1v) is 9.95. The largest absolute Gasteiger partial charge is 0.480 e. The second kappa shape index (κ2) is 9.52. The lowest BCUT2D eigenvalue weighted by Gasteiger charge is -2.35. The zero-order valence-corrected chi connectivity index (χ0v) is 16.9. The Hall–Kier alpha value is -2.93. The summed E-state index contributed by atoms with van der Waals surface area (Å²) in [6.45, 7) is 8.14. The normalized spacial score (nSPS) is 15.9. The van der Waals surface area contributed by atoms with Gasteiger partial charge in [0.1, 0.15) is 11.9 Å². The Balaban J connectivity index is 1.52. The van der Waals surface area contributed by atoms with Gasteiger partial charge in [-0.05, 0) is 35.7 Å². The number of carbonyl (C=O) groups excluding carboxylic acids is 1. The van der Waals surface area contributed by atoms with Gasteiger partial charge in [0.2, 0.25) is 0 Å². The molecule has 1 aromatic carbocycles. The first-order chi connectivity index (χ1) is 13.9. The van der Waals surface area contributed by atoms with E-state index >= 15 is 0 Å². The van der Waals surface area contributed by atoms with E-state index in [9.17, 15) is 14.7 Å². The Kier molecular flexibility index (Phi) is 6.82. The zero-order chi connectivity index (χ0) is 20.8. The van der Waals surface area contributed by atoms with Crippen LogP contribution < -0.4 is 10.2 Å². The number of aromatic nitrogens is 1. The molecule has 154 valence electrons. The molecule has 0 bridgehead atoms. The minimum absolute atomic E-state index is 0.180. The van der Waals surface area contributed by atoms with Crippen molar-refractivity contribution < 1.29 is 14.7 Å². The highest BCUT2D eigenvalue weighted by molar-refractivity contribution is 5.96. The number of amides is 1. The summed E-state index contributed by atoms with van der Waals surface area (Å²) in [7, 11) is 0. The maximum absolute atomic E-state index is 12.3. The number of anilines is 1. The molecule has 0 spiro atoms. The summed E-state index contributed by atoms with van der Waals surface area (Å²) in [6, 6.07) is 12.5. The fraction of sp³-hybridized carbons (Fsp3) is 0.409. The molecule has 2 aromatic rings. The average molecular weight is 396 g/mol. The van der Waals surface area contributed by atoms with Crippen LogP contribution in [0.3, 0.4) is 0 Å². The van der Waals surface area contributed by atoms with E-state index in [4.69, 9.17) is 0 Å². The van der Waals surface area contributed by atoms with Crippen LogP contribution >= 0.6 is 0 Å². The molecule has 7 heteroatoms. The Labute approximate surface area is 171 Å². The third kappa shape index (κ3) is 5.54. The lowest BCUT2D eigenvalue weighted by atomic mass is 10.0. The fourth-order valence-corrected chi connectivity index (χ4v) is 3.43. The van der Waals surface area contributed by atoms with Crippen molar-refractivity contribution in [1.29, 1.82) is 0 Å². The van der Waals surface area contributed by atoms with Gasteiger partial charge in [-0.15, -0.1) is 0 Å². The Morgan fingerprint density at radius 3 is 2.31 bits per heavy atom. The number of benzene rings is 1. The Morgan fingerprint density at radius 1 is 1.07 bits per heavy atom. The number of hydrogen-bond donors (Lipinski definition) is 2. The maximum atomic E-state index is 12.3. The van der Waals surface area contributed by atoms with Crippen molar-refractivity contribution in [1.82, 2.24) is 15.2 Å². The van der Waals surface area contributed by atoms with E-state index in [2.05, 4.69) is 20.1 Å². The summed E-state index contributed by atoms with van der Waals surface area (Å²) in [5.74, 6) is -0.541. The van der Waals surface area contributed by atoms with E-state index in [1.807, 2.05) is 36.5 Å². The summed E-state index contributed by atoms with van der Waals surface area (Å²) < 4.78 is 0. The van der Waals surface area contributed by atoms with Crippen molar-refractivity contribution in [3.05, 3.63) is 59.8 Å². The van der Waals surface area contributed by atoms with E-state index in [1.54, 1.807) is 26.0 Å². The van der Waals surface area contributed by atoms with Crippen molar-refractivity contribution in [3.8, 4) is 0 Å². The first kappa shape index (κ1) is 20.8. The molecular formula is C22H28N4O3. The molecule has 1 saturated heterocycles. The Bertz CT molecular complexity index is 816. The summed E-state index contributed by atoms with van der Waals surface area (Å²) >= 11 is 0. The van der Waals surface area contributed by atoms with Crippen LogP contribution in [0.1, 0.15) is 29.8 Å². The zero-order valence-electron chi connectivity index (χ0n) is 16.9. The van der Waals surface area contributed by atoms with Crippen molar-refractivity contribution in [3.63, 3.8) is 0 Å². The predicted molar refractivity (Wildman–Crippen MR) is 112 cm³/mol. The fourth-order valence-electron chi connectivity index (χ4n) is 3.43. The molecule has 0 unspecified atom stereocenters. The summed E-state index contributed by atoms with van der Waals surface area (Å²) in [4.78, 5) is 32.7. The van der Waals surface area contributed by atoms with Gasteiger partial charge >= 0.3 is 5.97 Å². The lowest BCUT2D eigenvalue weighted by molar-refractivity contribution is -0.140. The van der Waals surface area contributed by atoms with Crippen molar-refractivity contribution in [2.75, 3.05) is 31.1 Å². The third-order valence-corrected chi connectivity index (χ3v) is 5.19. The monoisotopic (exact) mass is 396 g/mol. The van der Waals surface area contributed by atoms with E-state index in [-0.39, 0.29) is 11.8 Å². The second-order valence-corrected chi connectivity index (χ2v) is 7.68. The van der Waals surface area contributed by atoms with Gasteiger partial charge in [0.25, 0.3) is 5.91 Å². The predicted octanol–water partition coefficient (Wildman–Crippen LogP) is 2.24. The standard InChI is InChI=1S/C22H28N4O3/c1-16(2)20(22(28)29)24-21(27)18-8-6-17(7-9-18)15-25-11-13-26(14-12-25)19-5-3-4-10-23-19/h3-10,16,20H,11-15H2,1-2H3,(H,24,27)(H,28,29)/t20-/m0/s1. The molecule has 1 fully saturated rings. The molecule has 1 aromatic heterocycles. The number of nitrogens with one attached hydrogen (secondary N) is 1. The molecule has 0 aliphatic carbocycles. The highest BCUT2D eigenvalue weighted by atomic mass is 16.4. The quantitative estimate of drug-likeness (QED) is 0.747. The van der Waals surface area contributed by atoms with E-state index < -0.39 is 12.0 Å². The number of pyridine rings is 1. The lowest BCUT2D eigenvalue weighted by Crippen LogP contribution is -2.46. The van der Waals surface area contributed by atoms with Gasteiger partial charge in [-0.25, -0.2) is 9.78 Å². The second-order valence-electron chi connectivity index (χ2n) is 7.68. The number of carboxylic acids is 1. The maximum Gasteiger partial charge on any atom is 0.326 e. The van der Waals surface area contributed by atoms with E-state index in [0.717, 1.165) is 44.1 Å². The van der Waals surface area contributed by atoms with Gasteiger partial charge in [0.15, 0.2) is 0 Å². The molecule has 1 atom stereocenters. The van der Waals surface area contributed by atoms with Crippen LogP contribution in [0.4, 0.5) is 5.82 Å². The highest BCUT2D eigenvalue weighted by Gasteiger charge is 2.24. The molecule has 2 heterocycles. The van der Waals surface area contributed by atoms with Crippen molar-refractivity contribution >= 4 is 17.7 Å². The highest BCUT2D eigenvalue weighted by Crippen LogP contribution is 2.15. The molecule has 3 rings (SSSR count). The molecule has 1 amide bonds. The molecule has 1 aliphatic rings. The first-order valence-electron chi connectivity index (χ1n) is 9.95. The number of piperazine rings is 1. The molecule has 0 radical (unpaired) electrons. The van der Waals surface area contributed by atoms with Crippen LogP contribution in [0.5, 0.6) is 0 Å². The van der Waals surface area contributed by atoms with E-state index in [0.29, 0.717) is 5.56 Å². The Morgan fingerprint density at radius 2 is 1.76 bits per heavy atom. The molecule has 0 saturated carbocycles. The van der Waals surface area contributed by atoms with Crippen molar-refractivity contribution in [2.45, 2.75) is 26.4 Å². The van der Waals surface area contributed by atoms with Crippen LogP contribution in [0.25, 0.3) is 0 Å². The SMILES string of the molecule is CC(C)[C@H](NC(=O)c1ccc(CN2CCN(c3ccccn3)CC2)cc1)C(=O)O. The summed E-state index contributed by atoms with van der Waals surface area (Å²) in [6.07, 6.45) is 1.82. The number of hydrogen-bond acceptors (Lipinski definition) is 5. The van der Waals surface area contributed by atoms with E-state index in [1.165, 1.54) is 0 Å². The van der Waals surface area contributed by atoms with Crippen LogP contribution in [0.15, 0.2) is 48.7 Å². The molecule has 7 nitrogen and oxygen atoms in total. The molecule has 29 heavy (non-hydrogen) atoms. The van der Waals surface area contributed by atoms with Gasteiger partial charge in [0.05, 0.1) is 0 Å². The van der Waals surface area contributed by atoms with Gasteiger partial charge < -0.3 is 15.3 Å². The number of nitrogens with zero attached hydrogens (tertiary/aromatic N) is 3. The molecular weight excluding hydrogens is 368 g/mol. The van der Waals surface area contributed by atoms with Gasteiger partial charge in [-0.2, -0.15) is 0 Å². The van der Waals surface area contributed by atoms with Crippen LogP contribution in [0.2, 0.25) is 0 Å². The number of aliphatic carboxylic acids is 1. The molecule has 1 aliphatic heterocycles. The van der Waals surface area contributed by atoms with Gasteiger partial charge in [-0.1, -0.05) is 32.0 Å². The summed E-state index contributed by atoms with van der Waals surface area (Å²) in [5, 5.41) is 11.8. The number of carbonyl (C=O) groups is 2. The van der Waals surface area contributed by atoms with Gasteiger partial charge in [-0.3, -0.25) is 9.69 Å². The number of rotatable bonds is 7. The summed E-state index contributed by atoms with van der Waals surface area (Å²) in [5.41, 5.74) is 1.60. The smallest absolute Gasteiger partial charge is 0.326 e. The minimum atomic E-state index is -1.02. The molecule has 2 N–H and O–H groups in total. The van der Waals surface area contributed by atoms with Crippen molar-refractivity contribution in [2.24, 2.45) is 5.92 Å². The minimum Gasteiger partial charge on any atom is -0.480 e. The van der Waals surface area contributed by atoms with Crippen LogP contribution in [0, 0.1) is 5.92 Å². The van der Waals surface area contributed by atoms with Gasteiger partial charge in [0, 0.05) is 44.5 Å². The van der Waals surface area contributed by atoms with Crippen LogP contribution in [-0.4, -0.2) is 59.1 Å².